The molecule has 0 aliphatic rings. The summed E-state index contributed by atoms with van der Waals surface area (Å²) in [5, 5.41) is 11.6. The number of ether oxygens (including phenoxy) is 1. The minimum atomic E-state index is -0.408. The minimum Gasteiger partial charge on any atom is -0.494 e. The van der Waals surface area contributed by atoms with Crippen LogP contribution in [-0.4, -0.2) is 38.3 Å². The number of carbonyl (C=O) groups is 1. The standard InChI is InChI=1S/C27H22N4O3/c1-2-34-27(33)19-10-13-21-22(14-19)31-26(32)24(21)25(18-6-4-3-5-7-18)30-20-11-8-17(9-12-20)23-15-28-16-29-23/h3-16,31-32H,2H2,1H3,(H,28,29). The number of aromatic hydroxyl groups is 1. The number of aromatic amines is 2. The van der Waals surface area contributed by atoms with Gasteiger partial charge in [0.15, 0.2) is 5.88 Å². The molecule has 0 saturated carbocycles. The van der Waals surface area contributed by atoms with Crippen LogP contribution in [-0.2, 0) is 4.74 Å². The number of H-pyrrole nitrogens is 2. The molecule has 7 heteroatoms. The first-order valence-corrected chi connectivity index (χ1v) is 10.9. The van der Waals surface area contributed by atoms with Crippen molar-refractivity contribution in [1.29, 1.82) is 0 Å². The molecule has 3 aromatic carbocycles. The van der Waals surface area contributed by atoms with E-state index < -0.39 is 5.97 Å². The molecular weight excluding hydrogens is 428 g/mol. The van der Waals surface area contributed by atoms with Crippen molar-refractivity contribution in [3.05, 3.63) is 102 Å². The number of hydrogen-bond donors (Lipinski definition) is 3. The first-order chi connectivity index (χ1) is 16.6. The number of hydrogen-bond acceptors (Lipinski definition) is 5. The van der Waals surface area contributed by atoms with Gasteiger partial charge in [-0.15, -0.1) is 0 Å². The van der Waals surface area contributed by atoms with Crippen molar-refractivity contribution in [2.24, 2.45) is 4.99 Å². The van der Waals surface area contributed by atoms with Crippen LogP contribution in [0.15, 0.2) is 90.3 Å². The average molecular weight is 450 g/mol. The van der Waals surface area contributed by atoms with Gasteiger partial charge >= 0.3 is 5.97 Å². The molecule has 0 unspecified atom stereocenters. The second-order valence-electron chi connectivity index (χ2n) is 7.67. The molecule has 2 heterocycles. The second-order valence-corrected chi connectivity index (χ2v) is 7.67. The normalized spacial score (nSPS) is 11.6. The van der Waals surface area contributed by atoms with Crippen molar-refractivity contribution in [3.63, 3.8) is 0 Å². The monoisotopic (exact) mass is 450 g/mol. The van der Waals surface area contributed by atoms with E-state index in [0.29, 0.717) is 29.0 Å². The highest BCUT2D eigenvalue weighted by molar-refractivity contribution is 6.22. The number of fused-ring (bicyclic) bond motifs is 1. The van der Waals surface area contributed by atoms with E-state index in [4.69, 9.17) is 9.73 Å². The highest BCUT2D eigenvalue weighted by atomic mass is 16.5. The van der Waals surface area contributed by atoms with E-state index in [1.54, 1.807) is 37.6 Å². The highest BCUT2D eigenvalue weighted by Gasteiger charge is 2.20. The number of carbonyl (C=O) groups excluding carboxylic acids is 1. The van der Waals surface area contributed by atoms with Gasteiger partial charge in [0, 0.05) is 16.5 Å². The molecule has 168 valence electrons. The summed E-state index contributed by atoms with van der Waals surface area (Å²) in [4.78, 5) is 27.2. The van der Waals surface area contributed by atoms with Gasteiger partial charge in [0.05, 0.1) is 47.4 Å². The van der Waals surface area contributed by atoms with Crippen LogP contribution in [0.2, 0.25) is 0 Å². The van der Waals surface area contributed by atoms with Crippen LogP contribution >= 0.6 is 0 Å². The van der Waals surface area contributed by atoms with Crippen LogP contribution in [0.25, 0.3) is 22.2 Å². The number of benzene rings is 3. The summed E-state index contributed by atoms with van der Waals surface area (Å²) in [7, 11) is 0. The Labute approximate surface area is 195 Å². The summed E-state index contributed by atoms with van der Waals surface area (Å²) in [5.74, 6) is -0.429. The van der Waals surface area contributed by atoms with Crippen LogP contribution in [0.3, 0.4) is 0 Å². The van der Waals surface area contributed by atoms with E-state index in [-0.39, 0.29) is 5.88 Å². The molecule has 2 aromatic heterocycles. The molecular formula is C27H22N4O3. The molecule has 0 bridgehead atoms. The Morgan fingerprint density at radius 2 is 1.82 bits per heavy atom. The Kier molecular flexibility index (Phi) is 5.66. The summed E-state index contributed by atoms with van der Waals surface area (Å²) in [5.41, 5.74) is 5.72. The lowest BCUT2D eigenvalue weighted by atomic mass is 10.00. The molecule has 7 nitrogen and oxygen atoms in total. The van der Waals surface area contributed by atoms with Crippen LogP contribution in [0, 0.1) is 0 Å². The van der Waals surface area contributed by atoms with Gasteiger partial charge in [-0.1, -0.05) is 48.5 Å². The fourth-order valence-corrected chi connectivity index (χ4v) is 3.88. The molecule has 0 spiro atoms. The summed E-state index contributed by atoms with van der Waals surface area (Å²) < 4.78 is 5.10. The second kappa shape index (κ2) is 9.07. The number of rotatable bonds is 6. The number of aromatic nitrogens is 3. The van der Waals surface area contributed by atoms with Gasteiger partial charge < -0.3 is 19.8 Å². The van der Waals surface area contributed by atoms with Gasteiger partial charge in [-0.25, -0.2) is 14.8 Å². The van der Waals surface area contributed by atoms with Crippen molar-refractivity contribution >= 4 is 28.3 Å². The maximum Gasteiger partial charge on any atom is 0.338 e. The first-order valence-electron chi connectivity index (χ1n) is 10.9. The van der Waals surface area contributed by atoms with E-state index in [9.17, 15) is 9.90 Å². The maximum absolute atomic E-state index is 12.2. The molecule has 0 saturated heterocycles. The molecule has 3 N–H and O–H groups in total. The number of aliphatic imine (C=N–C) groups is 1. The number of nitrogens with zero attached hydrogens (tertiary/aromatic N) is 2. The Bertz CT molecular complexity index is 1470. The van der Waals surface area contributed by atoms with Gasteiger partial charge in [0.2, 0.25) is 0 Å². The Hall–Kier alpha value is -4.65. The van der Waals surface area contributed by atoms with Gasteiger partial charge in [-0.05, 0) is 36.8 Å². The van der Waals surface area contributed by atoms with E-state index >= 15 is 0 Å². The van der Waals surface area contributed by atoms with Crippen LogP contribution < -0.4 is 0 Å². The van der Waals surface area contributed by atoms with Gasteiger partial charge in [-0.2, -0.15) is 0 Å². The minimum absolute atomic E-state index is 0.0207. The molecule has 34 heavy (non-hydrogen) atoms. The zero-order valence-electron chi connectivity index (χ0n) is 18.4. The van der Waals surface area contributed by atoms with Gasteiger partial charge in [-0.3, -0.25) is 0 Å². The lowest BCUT2D eigenvalue weighted by Crippen LogP contribution is -2.05. The fourth-order valence-electron chi connectivity index (χ4n) is 3.88. The molecule has 0 fully saturated rings. The van der Waals surface area contributed by atoms with E-state index in [1.807, 2.05) is 54.6 Å². The smallest absolute Gasteiger partial charge is 0.338 e. The predicted molar refractivity (Wildman–Crippen MR) is 132 cm³/mol. The molecule has 5 rings (SSSR count). The number of nitrogens with one attached hydrogen (secondary N) is 2. The molecule has 0 atom stereocenters. The molecule has 5 aromatic rings. The van der Waals surface area contributed by atoms with E-state index in [1.165, 1.54) is 0 Å². The van der Waals surface area contributed by atoms with Crippen molar-refractivity contribution in [3.8, 4) is 17.1 Å². The lowest BCUT2D eigenvalue weighted by molar-refractivity contribution is 0.0526. The maximum atomic E-state index is 12.2. The average Bonchev–Trinajstić information content (AvgIpc) is 3.51. The predicted octanol–water partition coefficient (Wildman–Crippen LogP) is 5.61. The van der Waals surface area contributed by atoms with Crippen molar-refractivity contribution in [2.75, 3.05) is 6.61 Å². The summed E-state index contributed by atoms with van der Waals surface area (Å²) >= 11 is 0. The van der Waals surface area contributed by atoms with Crippen molar-refractivity contribution in [1.82, 2.24) is 15.0 Å². The SMILES string of the molecule is CCOC(=O)c1ccc2c(C(=Nc3ccc(-c4cnc[nH]4)cc3)c3ccccc3)c(O)[nH]c2c1. The molecule has 0 aliphatic carbocycles. The Balaban J connectivity index is 1.62. The topological polar surface area (TPSA) is 103 Å². The highest BCUT2D eigenvalue weighted by Crippen LogP contribution is 2.32. The molecule has 0 radical (unpaired) electrons. The van der Waals surface area contributed by atoms with Crippen molar-refractivity contribution in [2.45, 2.75) is 6.92 Å². The summed E-state index contributed by atoms with van der Waals surface area (Å²) in [6.07, 6.45) is 3.41. The first kappa shape index (κ1) is 21.2. The van der Waals surface area contributed by atoms with Crippen molar-refractivity contribution < 1.29 is 14.6 Å². The Morgan fingerprint density at radius 1 is 1.03 bits per heavy atom. The zero-order chi connectivity index (χ0) is 23.5. The number of esters is 1. The third-order valence-electron chi connectivity index (χ3n) is 5.49. The largest absolute Gasteiger partial charge is 0.494 e. The van der Waals surface area contributed by atoms with E-state index in [0.717, 1.165) is 27.9 Å². The number of imidazole rings is 1. The van der Waals surface area contributed by atoms with Gasteiger partial charge in [0.25, 0.3) is 0 Å². The van der Waals surface area contributed by atoms with Crippen LogP contribution in [0.4, 0.5) is 5.69 Å². The van der Waals surface area contributed by atoms with Gasteiger partial charge in [0.1, 0.15) is 0 Å². The van der Waals surface area contributed by atoms with Crippen LogP contribution in [0.5, 0.6) is 5.88 Å². The third kappa shape index (κ3) is 4.06. The molecule has 0 aliphatic heterocycles. The van der Waals surface area contributed by atoms with E-state index in [2.05, 4.69) is 15.0 Å². The summed E-state index contributed by atoms with van der Waals surface area (Å²) in [6.45, 7) is 2.06. The summed E-state index contributed by atoms with van der Waals surface area (Å²) in [6, 6.07) is 22.6. The fraction of sp³-hybridized carbons (Fsp3) is 0.0741. The quantitative estimate of drug-likeness (QED) is 0.231. The Morgan fingerprint density at radius 3 is 2.53 bits per heavy atom. The third-order valence-corrected chi connectivity index (χ3v) is 5.49. The molecule has 0 amide bonds. The van der Waals surface area contributed by atoms with Crippen LogP contribution in [0.1, 0.15) is 28.4 Å². The lowest BCUT2D eigenvalue weighted by Gasteiger charge is -2.08. The zero-order valence-corrected chi connectivity index (χ0v) is 18.4.